The molecule has 1 aromatic heterocycles. The van der Waals surface area contributed by atoms with E-state index in [1.807, 2.05) is 18.2 Å². The Bertz CT molecular complexity index is 1010. The van der Waals surface area contributed by atoms with Crippen LogP contribution in [0.5, 0.6) is 5.75 Å². The van der Waals surface area contributed by atoms with Crippen LogP contribution in [0.15, 0.2) is 45.6 Å². The Balaban J connectivity index is 1.91. The molecule has 0 bridgehead atoms. The van der Waals surface area contributed by atoms with Gasteiger partial charge in [-0.3, -0.25) is 4.79 Å². The van der Waals surface area contributed by atoms with Gasteiger partial charge in [-0.15, -0.1) is 0 Å². The van der Waals surface area contributed by atoms with E-state index in [9.17, 15) is 15.0 Å². The third kappa shape index (κ3) is 4.35. The van der Waals surface area contributed by atoms with Gasteiger partial charge in [0.05, 0.1) is 36.1 Å². The van der Waals surface area contributed by atoms with E-state index in [1.54, 1.807) is 18.2 Å². The summed E-state index contributed by atoms with van der Waals surface area (Å²) in [5, 5.41) is 19.7. The van der Waals surface area contributed by atoms with Gasteiger partial charge in [0.15, 0.2) is 0 Å². The van der Waals surface area contributed by atoms with Gasteiger partial charge in [0, 0.05) is 0 Å². The highest BCUT2D eigenvalue weighted by molar-refractivity contribution is 5.90. The van der Waals surface area contributed by atoms with Crippen LogP contribution in [0.25, 0.3) is 21.9 Å². The number of ether oxygens (including phenoxy) is 1. The highest BCUT2D eigenvalue weighted by atomic mass is 16.5. The van der Waals surface area contributed by atoms with Gasteiger partial charge in [0.25, 0.3) is 0 Å². The standard InChI is InChI=1S/C22H27NO5/c1-2-3-10-27-16-5-7-19-18(12-16)21(26)17-6-4-15(11-20(17)28-19)8-9-22(23,13-24)14-25/h4-7,11-12,24-25H,2-3,8-10,13-14,23H2,1H3. The van der Waals surface area contributed by atoms with Crippen LogP contribution < -0.4 is 15.9 Å². The molecule has 0 radical (unpaired) electrons. The molecule has 3 aromatic rings. The highest BCUT2D eigenvalue weighted by Gasteiger charge is 2.22. The van der Waals surface area contributed by atoms with E-state index in [1.165, 1.54) is 0 Å². The number of unbranched alkanes of at least 4 members (excludes halogenated alkanes) is 1. The van der Waals surface area contributed by atoms with Crippen molar-refractivity contribution >= 4 is 21.9 Å². The molecule has 0 unspecified atom stereocenters. The Hall–Kier alpha value is -2.41. The lowest BCUT2D eigenvalue weighted by Crippen LogP contribution is -2.47. The summed E-state index contributed by atoms with van der Waals surface area (Å²) in [4.78, 5) is 12.9. The molecule has 1 heterocycles. The third-order valence-corrected chi connectivity index (χ3v) is 5.01. The van der Waals surface area contributed by atoms with E-state index in [2.05, 4.69) is 6.92 Å². The van der Waals surface area contributed by atoms with Crippen molar-refractivity contribution in [3.05, 3.63) is 52.2 Å². The maximum atomic E-state index is 12.9. The molecule has 6 nitrogen and oxygen atoms in total. The number of aliphatic hydroxyl groups excluding tert-OH is 2. The van der Waals surface area contributed by atoms with E-state index in [4.69, 9.17) is 14.9 Å². The highest BCUT2D eigenvalue weighted by Crippen LogP contribution is 2.24. The monoisotopic (exact) mass is 385 g/mol. The second kappa shape index (κ2) is 8.73. The SMILES string of the molecule is CCCCOc1ccc2oc3cc(CCC(N)(CO)CO)ccc3c(=O)c2c1. The zero-order chi connectivity index (χ0) is 20.1. The van der Waals surface area contributed by atoms with Crippen molar-refractivity contribution in [2.75, 3.05) is 19.8 Å². The van der Waals surface area contributed by atoms with Gasteiger partial charge in [0.1, 0.15) is 16.9 Å². The summed E-state index contributed by atoms with van der Waals surface area (Å²) in [5.41, 5.74) is 6.75. The predicted octanol–water partition coefficient (Wildman–Crippen LogP) is 2.74. The molecule has 0 atom stereocenters. The van der Waals surface area contributed by atoms with Crippen LogP contribution in [0.1, 0.15) is 31.7 Å². The van der Waals surface area contributed by atoms with E-state index >= 15 is 0 Å². The third-order valence-electron chi connectivity index (χ3n) is 5.01. The fourth-order valence-electron chi connectivity index (χ4n) is 3.06. The Morgan fingerprint density at radius 3 is 2.57 bits per heavy atom. The van der Waals surface area contributed by atoms with Crippen LogP contribution in [0.4, 0.5) is 0 Å². The van der Waals surface area contributed by atoms with Crippen molar-refractivity contribution in [1.82, 2.24) is 0 Å². The van der Waals surface area contributed by atoms with E-state index in [-0.39, 0.29) is 18.6 Å². The van der Waals surface area contributed by atoms with Crippen LogP contribution in [0, 0.1) is 0 Å². The van der Waals surface area contributed by atoms with Crippen molar-refractivity contribution in [3.8, 4) is 5.75 Å². The average molecular weight is 385 g/mol. The molecule has 3 rings (SSSR count). The number of fused-ring (bicyclic) bond motifs is 2. The number of rotatable bonds is 9. The van der Waals surface area contributed by atoms with Crippen LogP contribution in [-0.4, -0.2) is 35.6 Å². The Morgan fingerprint density at radius 2 is 1.86 bits per heavy atom. The lowest BCUT2D eigenvalue weighted by molar-refractivity contribution is 0.115. The minimum Gasteiger partial charge on any atom is -0.494 e. The Kier molecular flexibility index (Phi) is 6.34. The summed E-state index contributed by atoms with van der Waals surface area (Å²) >= 11 is 0. The minimum absolute atomic E-state index is 0.0948. The van der Waals surface area contributed by atoms with Crippen molar-refractivity contribution in [2.24, 2.45) is 5.73 Å². The molecule has 0 aliphatic heterocycles. The molecule has 0 aliphatic rings. The fourth-order valence-corrected chi connectivity index (χ4v) is 3.06. The Morgan fingerprint density at radius 1 is 1.07 bits per heavy atom. The first-order valence-corrected chi connectivity index (χ1v) is 9.62. The van der Waals surface area contributed by atoms with Gasteiger partial charge >= 0.3 is 0 Å². The summed E-state index contributed by atoms with van der Waals surface area (Å²) in [7, 11) is 0. The van der Waals surface area contributed by atoms with Gasteiger partial charge < -0.3 is 25.1 Å². The second-order valence-corrected chi connectivity index (χ2v) is 7.30. The van der Waals surface area contributed by atoms with Crippen LogP contribution in [0.2, 0.25) is 0 Å². The number of aryl methyl sites for hydroxylation is 1. The summed E-state index contributed by atoms with van der Waals surface area (Å²) < 4.78 is 11.6. The first-order valence-electron chi connectivity index (χ1n) is 9.62. The quantitative estimate of drug-likeness (QED) is 0.386. The molecule has 28 heavy (non-hydrogen) atoms. The van der Waals surface area contributed by atoms with Crippen LogP contribution >= 0.6 is 0 Å². The van der Waals surface area contributed by atoms with Crippen molar-refractivity contribution in [3.63, 3.8) is 0 Å². The molecule has 0 saturated carbocycles. The molecular formula is C22H27NO5. The van der Waals surface area contributed by atoms with Gasteiger partial charge in [-0.25, -0.2) is 0 Å². The Labute approximate surface area is 163 Å². The summed E-state index contributed by atoms with van der Waals surface area (Å²) in [6.45, 7) is 2.13. The fraction of sp³-hybridized carbons (Fsp3) is 0.409. The lowest BCUT2D eigenvalue weighted by Gasteiger charge is -2.24. The number of hydrogen-bond acceptors (Lipinski definition) is 6. The number of hydrogen-bond donors (Lipinski definition) is 3. The largest absolute Gasteiger partial charge is 0.494 e. The van der Waals surface area contributed by atoms with E-state index in [0.717, 1.165) is 18.4 Å². The smallest absolute Gasteiger partial charge is 0.200 e. The van der Waals surface area contributed by atoms with Crippen LogP contribution in [-0.2, 0) is 6.42 Å². The maximum absolute atomic E-state index is 12.9. The molecule has 150 valence electrons. The van der Waals surface area contributed by atoms with Crippen molar-refractivity contribution in [1.29, 1.82) is 0 Å². The second-order valence-electron chi connectivity index (χ2n) is 7.30. The summed E-state index contributed by atoms with van der Waals surface area (Å²) in [5.74, 6) is 0.663. The molecule has 0 spiro atoms. The molecule has 0 fully saturated rings. The van der Waals surface area contributed by atoms with Gasteiger partial charge in [-0.1, -0.05) is 19.4 Å². The predicted molar refractivity (Wildman–Crippen MR) is 110 cm³/mol. The molecule has 6 heteroatoms. The normalized spacial score (nSPS) is 12.0. The molecule has 4 N–H and O–H groups in total. The van der Waals surface area contributed by atoms with E-state index in [0.29, 0.717) is 47.1 Å². The maximum Gasteiger partial charge on any atom is 0.200 e. The number of benzene rings is 2. The minimum atomic E-state index is -1.02. The van der Waals surface area contributed by atoms with Crippen molar-refractivity contribution in [2.45, 2.75) is 38.1 Å². The van der Waals surface area contributed by atoms with E-state index < -0.39 is 5.54 Å². The van der Waals surface area contributed by atoms with Crippen molar-refractivity contribution < 1.29 is 19.4 Å². The number of aliphatic hydroxyl groups is 2. The zero-order valence-electron chi connectivity index (χ0n) is 16.1. The first kappa shape index (κ1) is 20.3. The summed E-state index contributed by atoms with van der Waals surface area (Å²) in [6.07, 6.45) is 2.98. The van der Waals surface area contributed by atoms with Crippen LogP contribution in [0.3, 0.4) is 0 Å². The van der Waals surface area contributed by atoms with Gasteiger partial charge in [-0.2, -0.15) is 0 Å². The average Bonchev–Trinajstić information content (AvgIpc) is 2.72. The zero-order valence-corrected chi connectivity index (χ0v) is 16.1. The topological polar surface area (TPSA) is 106 Å². The molecular weight excluding hydrogens is 358 g/mol. The van der Waals surface area contributed by atoms with Gasteiger partial charge in [0.2, 0.25) is 5.43 Å². The molecule has 0 saturated heterocycles. The summed E-state index contributed by atoms with van der Waals surface area (Å²) in [6, 6.07) is 10.7. The lowest BCUT2D eigenvalue weighted by atomic mass is 9.93. The molecule has 2 aromatic carbocycles. The van der Waals surface area contributed by atoms with Gasteiger partial charge in [-0.05, 0) is 55.2 Å². The molecule has 0 aliphatic carbocycles. The first-order chi connectivity index (χ1) is 13.5. The molecule has 0 amide bonds. The number of nitrogens with two attached hydrogens (primary N) is 1.